The number of hydrogen-bond donors (Lipinski definition) is 7. The number of carbonyl (C=O) groups excluding carboxylic acids is 2. The lowest BCUT2D eigenvalue weighted by molar-refractivity contribution is -0.139. The maximum Gasteiger partial charge on any atom is 0.326 e. The van der Waals surface area contributed by atoms with Crippen LogP contribution in [-0.4, -0.2) is 120 Å². The highest BCUT2D eigenvalue weighted by Crippen LogP contribution is 2.19. The third kappa shape index (κ3) is 17.8. The van der Waals surface area contributed by atoms with E-state index < -0.39 is 18.0 Å². The highest BCUT2D eigenvalue weighted by atomic mass is 31.1. The molecule has 0 saturated heterocycles. The van der Waals surface area contributed by atoms with Crippen LogP contribution >= 0.6 is 8.58 Å². The number of nitrogens with one attached hydrogen (secondary N) is 5. The van der Waals surface area contributed by atoms with E-state index in [1.165, 1.54) is 5.56 Å². The maximum atomic E-state index is 12.2. The molecule has 0 fully saturated rings. The molecule has 0 spiro atoms. The molecule has 0 aliphatic rings. The van der Waals surface area contributed by atoms with Crippen LogP contribution in [0.2, 0.25) is 0 Å². The zero-order chi connectivity index (χ0) is 37.8. The molecular formula is C34H55N10O6P. The molecule has 2 aromatic rings. The van der Waals surface area contributed by atoms with Gasteiger partial charge in [-0.1, -0.05) is 33.7 Å². The molecule has 0 bridgehead atoms. The first-order chi connectivity index (χ1) is 24.3. The molecule has 17 heteroatoms. The Morgan fingerprint density at radius 1 is 0.902 bits per heavy atom. The van der Waals surface area contributed by atoms with Crippen LogP contribution in [0.3, 0.4) is 0 Å². The Labute approximate surface area is 302 Å². The lowest BCUT2D eigenvalue weighted by atomic mass is 10.1. The van der Waals surface area contributed by atoms with Gasteiger partial charge in [-0.3, -0.25) is 19.3 Å². The summed E-state index contributed by atoms with van der Waals surface area (Å²) in [4.78, 5) is 63.6. The fourth-order valence-corrected chi connectivity index (χ4v) is 5.20. The molecular weight excluding hydrogens is 675 g/mol. The van der Waals surface area contributed by atoms with Crippen LogP contribution in [0.25, 0.3) is 0 Å². The number of aromatic nitrogens is 3. The Bertz CT molecular complexity index is 1430. The first-order valence-corrected chi connectivity index (χ1v) is 18.6. The van der Waals surface area contributed by atoms with Crippen LogP contribution < -0.4 is 31.5 Å². The number of aliphatic carboxylic acids is 2. The monoisotopic (exact) mass is 730 g/mol. The number of rotatable bonds is 27. The standard InChI is InChI=1S/C34H55N10O6P/c1-23(44(5)22-30(48)51-6)20-25-14-16-26(17-15-25)39-33-40-32(41-34(42-33)43(3)4)36-19-10-7-8-13-28(45)35-18-11-9-12-27(31(49)50)38-24(2)37-21-29(46)47/h14-17,23,27,37-38,51H,2,7-13,18-22H2,1,3-6H3,(H,35,45)(H,46,47)(H,49,50)(H2,36,39,40,41,42). The summed E-state index contributed by atoms with van der Waals surface area (Å²) < 4.78 is 0. The number of nitrogens with zero attached hydrogens (tertiary/aromatic N) is 5. The van der Waals surface area contributed by atoms with E-state index >= 15 is 0 Å². The molecule has 282 valence electrons. The summed E-state index contributed by atoms with van der Waals surface area (Å²) in [5, 5.41) is 32.7. The normalized spacial score (nSPS) is 12.3. The lowest BCUT2D eigenvalue weighted by Gasteiger charge is -2.24. The second-order valence-corrected chi connectivity index (χ2v) is 13.5. The molecule has 0 radical (unpaired) electrons. The van der Waals surface area contributed by atoms with E-state index in [2.05, 4.69) is 72.1 Å². The predicted molar refractivity (Wildman–Crippen MR) is 202 cm³/mol. The number of anilines is 4. The van der Waals surface area contributed by atoms with Crippen molar-refractivity contribution in [3.63, 3.8) is 0 Å². The van der Waals surface area contributed by atoms with Gasteiger partial charge >= 0.3 is 11.9 Å². The summed E-state index contributed by atoms with van der Waals surface area (Å²) in [6.07, 6.45) is 5.06. The van der Waals surface area contributed by atoms with Gasteiger partial charge in [-0.25, -0.2) is 4.79 Å². The second-order valence-electron chi connectivity index (χ2n) is 12.5. The number of amides is 1. The molecule has 0 aliphatic heterocycles. The number of carboxylic acids is 2. The molecule has 7 N–H and O–H groups in total. The van der Waals surface area contributed by atoms with Gasteiger partial charge in [0.2, 0.25) is 23.8 Å². The van der Waals surface area contributed by atoms with Crippen LogP contribution in [0.4, 0.5) is 23.5 Å². The number of likely N-dealkylation sites (N-methyl/N-ethyl adjacent to an activating group) is 1. The van der Waals surface area contributed by atoms with E-state index in [0.717, 1.165) is 31.4 Å². The minimum absolute atomic E-state index is 0.0514. The van der Waals surface area contributed by atoms with E-state index in [0.29, 0.717) is 71.7 Å². The predicted octanol–water partition coefficient (Wildman–Crippen LogP) is 2.83. The van der Waals surface area contributed by atoms with Crippen molar-refractivity contribution in [1.82, 2.24) is 35.8 Å². The van der Waals surface area contributed by atoms with Crippen molar-refractivity contribution in [2.45, 2.75) is 70.4 Å². The van der Waals surface area contributed by atoms with Gasteiger partial charge in [0.05, 0.1) is 12.4 Å². The van der Waals surface area contributed by atoms with Crippen molar-refractivity contribution in [3.8, 4) is 0 Å². The largest absolute Gasteiger partial charge is 0.480 e. The SMILES string of the molecule is C=C(NCC(=O)O)NC(CCCCNC(=O)CCCCCNc1nc(Nc2ccc(CC(C)N(C)CC(=O)PC)cc2)nc(N(C)C)n1)C(=O)O. The molecule has 16 nitrogen and oxygen atoms in total. The fraction of sp³-hybridized carbons (Fsp3) is 0.559. The van der Waals surface area contributed by atoms with Gasteiger partial charge in [0.15, 0.2) is 5.52 Å². The highest BCUT2D eigenvalue weighted by Gasteiger charge is 2.18. The number of carbonyl (C=O) groups is 4. The van der Waals surface area contributed by atoms with Gasteiger partial charge in [-0.05, 0) is 76.9 Å². The third-order valence-corrected chi connectivity index (χ3v) is 8.61. The van der Waals surface area contributed by atoms with Gasteiger partial charge in [0, 0.05) is 45.3 Å². The number of benzene rings is 1. The van der Waals surface area contributed by atoms with Crippen LogP contribution in [-0.2, 0) is 25.6 Å². The molecule has 3 atom stereocenters. The molecule has 1 heterocycles. The summed E-state index contributed by atoms with van der Waals surface area (Å²) in [6.45, 7) is 8.80. The molecule has 1 aromatic carbocycles. The van der Waals surface area contributed by atoms with Crippen LogP contribution in [0.5, 0.6) is 0 Å². The summed E-state index contributed by atoms with van der Waals surface area (Å²) in [5.74, 6) is -0.682. The van der Waals surface area contributed by atoms with E-state index in [1.807, 2.05) is 44.8 Å². The van der Waals surface area contributed by atoms with Gasteiger partial charge < -0.3 is 41.7 Å². The first kappa shape index (κ1) is 42.6. The highest BCUT2D eigenvalue weighted by molar-refractivity contribution is 7.57. The number of unbranched alkanes of at least 4 members (excludes halogenated alkanes) is 3. The van der Waals surface area contributed by atoms with Crippen LogP contribution in [0, 0.1) is 0 Å². The van der Waals surface area contributed by atoms with Gasteiger partial charge in [0.1, 0.15) is 12.6 Å². The van der Waals surface area contributed by atoms with Crippen molar-refractivity contribution in [3.05, 3.63) is 42.2 Å². The van der Waals surface area contributed by atoms with E-state index in [1.54, 1.807) is 0 Å². The minimum atomic E-state index is -1.08. The Hall–Kier alpha value is -4.56. The third-order valence-electron chi connectivity index (χ3n) is 7.89. The molecule has 1 aromatic heterocycles. The molecule has 51 heavy (non-hydrogen) atoms. The molecule has 3 unspecified atom stereocenters. The van der Waals surface area contributed by atoms with Crippen molar-refractivity contribution in [2.75, 3.05) is 69.5 Å². The Morgan fingerprint density at radius 2 is 1.59 bits per heavy atom. The zero-order valence-electron chi connectivity index (χ0n) is 30.4. The Balaban J connectivity index is 1.71. The Morgan fingerprint density at radius 3 is 2.24 bits per heavy atom. The van der Waals surface area contributed by atoms with E-state index in [4.69, 9.17) is 5.11 Å². The van der Waals surface area contributed by atoms with Gasteiger partial charge in [0.25, 0.3) is 0 Å². The average molecular weight is 731 g/mol. The van der Waals surface area contributed by atoms with Crippen LogP contribution in [0.1, 0.15) is 57.4 Å². The fourth-order valence-electron chi connectivity index (χ4n) is 4.79. The Kier molecular flexibility index (Phi) is 19.2. The van der Waals surface area contributed by atoms with Crippen molar-refractivity contribution >= 4 is 55.5 Å². The smallest absolute Gasteiger partial charge is 0.326 e. The molecule has 0 aliphatic carbocycles. The minimum Gasteiger partial charge on any atom is -0.480 e. The van der Waals surface area contributed by atoms with Gasteiger partial charge in [-0.15, -0.1) is 0 Å². The first-order valence-electron chi connectivity index (χ1n) is 17.1. The number of carboxylic acid groups (broad SMARTS) is 2. The maximum absolute atomic E-state index is 12.2. The molecule has 1 amide bonds. The van der Waals surface area contributed by atoms with E-state index in [9.17, 15) is 24.3 Å². The topological polar surface area (TPSA) is 214 Å². The van der Waals surface area contributed by atoms with Crippen LogP contribution in [0.15, 0.2) is 36.7 Å². The molecule has 2 rings (SSSR count). The van der Waals surface area contributed by atoms with Crippen molar-refractivity contribution < 1.29 is 29.4 Å². The lowest BCUT2D eigenvalue weighted by Crippen LogP contribution is -2.41. The zero-order valence-corrected chi connectivity index (χ0v) is 31.4. The average Bonchev–Trinajstić information content (AvgIpc) is 3.08. The molecule has 0 saturated carbocycles. The summed E-state index contributed by atoms with van der Waals surface area (Å²) in [7, 11) is 6.02. The van der Waals surface area contributed by atoms with Crippen molar-refractivity contribution in [1.29, 1.82) is 0 Å². The van der Waals surface area contributed by atoms with Gasteiger partial charge in [-0.2, -0.15) is 15.0 Å². The number of hydrogen-bond acceptors (Lipinski definition) is 13. The summed E-state index contributed by atoms with van der Waals surface area (Å²) in [5.41, 5.74) is 2.28. The quantitative estimate of drug-likeness (QED) is 0.0520. The van der Waals surface area contributed by atoms with Crippen molar-refractivity contribution in [2.24, 2.45) is 0 Å². The second kappa shape index (κ2) is 23.0. The summed E-state index contributed by atoms with van der Waals surface area (Å²) >= 11 is 0. The van der Waals surface area contributed by atoms with E-state index in [-0.39, 0.29) is 29.8 Å². The summed E-state index contributed by atoms with van der Waals surface area (Å²) in [6, 6.07) is 7.42.